The van der Waals surface area contributed by atoms with Crippen LogP contribution in [-0.4, -0.2) is 22.7 Å². The van der Waals surface area contributed by atoms with Gasteiger partial charge in [-0.3, -0.25) is 25.2 Å². The molecule has 7 nitrogen and oxygen atoms in total. The largest absolute Gasteiger partial charge is 0.326 e. The van der Waals surface area contributed by atoms with Crippen molar-refractivity contribution in [1.29, 1.82) is 0 Å². The minimum absolute atomic E-state index is 0.00449. The molecule has 1 aliphatic rings. The van der Waals surface area contributed by atoms with E-state index in [-0.39, 0.29) is 17.5 Å². The molecule has 3 aromatic rings. The van der Waals surface area contributed by atoms with Gasteiger partial charge in [0.05, 0.1) is 5.52 Å². The minimum atomic E-state index is -0.508. The third-order valence-corrected chi connectivity index (χ3v) is 4.98. The lowest BCUT2D eigenvalue weighted by Gasteiger charge is -2.09. The Labute approximate surface area is 167 Å². The van der Waals surface area contributed by atoms with Crippen LogP contribution in [0.4, 0.5) is 5.69 Å². The van der Waals surface area contributed by atoms with E-state index in [9.17, 15) is 14.4 Å². The molecule has 4 rings (SSSR count). The fourth-order valence-corrected chi connectivity index (χ4v) is 3.07. The molecular weight excluding hydrogens is 368 g/mol. The van der Waals surface area contributed by atoms with Gasteiger partial charge in [0.15, 0.2) is 0 Å². The molecule has 2 unspecified atom stereocenters. The molecule has 7 heteroatoms. The summed E-state index contributed by atoms with van der Waals surface area (Å²) < 4.78 is 0. The first-order valence-corrected chi connectivity index (χ1v) is 9.38. The van der Waals surface area contributed by atoms with Crippen molar-refractivity contribution < 1.29 is 14.4 Å². The van der Waals surface area contributed by atoms with Crippen molar-refractivity contribution in [2.24, 2.45) is 11.8 Å². The van der Waals surface area contributed by atoms with Crippen LogP contribution in [-0.2, 0) is 4.79 Å². The van der Waals surface area contributed by atoms with Gasteiger partial charge in [-0.25, -0.2) is 4.98 Å². The summed E-state index contributed by atoms with van der Waals surface area (Å²) in [5.41, 5.74) is 6.63. The number of nitrogens with zero attached hydrogens (tertiary/aromatic N) is 1. The topological polar surface area (TPSA) is 100 Å². The standard InChI is InChI=1S/C22H20N4O3/c1-13-12-17(13)21(28)23-16-9-6-15(7-10-16)20(27)25-26-22(29)19-11-8-14-4-2-3-5-18(14)24-19/h2-11,13,17H,12H2,1H3,(H,23,28)(H,25,27)(H,26,29). The molecular formula is C22H20N4O3. The number of para-hydroxylation sites is 1. The maximum atomic E-state index is 12.3. The van der Waals surface area contributed by atoms with Crippen molar-refractivity contribution in [1.82, 2.24) is 15.8 Å². The van der Waals surface area contributed by atoms with Gasteiger partial charge in [0.1, 0.15) is 5.69 Å². The monoisotopic (exact) mass is 388 g/mol. The van der Waals surface area contributed by atoms with E-state index in [1.54, 1.807) is 36.4 Å². The Balaban J connectivity index is 1.33. The number of benzene rings is 2. The molecule has 29 heavy (non-hydrogen) atoms. The van der Waals surface area contributed by atoms with E-state index in [1.165, 1.54) is 0 Å². The Bertz CT molecular complexity index is 1090. The first-order valence-electron chi connectivity index (χ1n) is 9.38. The molecule has 2 atom stereocenters. The van der Waals surface area contributed by atoms with Crippen LogP contribution >= 0.6 is 0 Å². The van der Waals surface area contributed by atoms with Crippen LogP contribution in [0.2, 0.25) is 0 Å². The van der Waals surface area contributed by atoms with Gasteiger partial charge in [0, 0.05) is 22.6 Å². The number of anilines is 1. The van der Waals surface area contributed by atoms with Crippen molar-refractivity contribution in [3.05, 3.63) is 71.9 Å². The first-order chi connectivity index (χ1) is 14.0. The van der Waals surface area contributed by atoms with E-state index in [0.29, 0.717) is 22.7 Å². The number of nitrogens with one attached hydrogen (secondary N) is 3. The summed E-state index contributed by atoms with van der Waals surface area (Å²) in [6.07, 6.45) is 0.915. The summed E-state index contributed by atoms with van der Waals surface area (Å²) in [5.74, 6) is -0.457. The third-order valence-electron chi connectivity index (χ3n) is 4.98. The number of hydrogen-bond donors (Lipinski definition) is 3. The van der Waals surface area contributed by atoms with Crippen LogP contribution < -0.4 is 16.2 Å². The number of rotatable bonds is 4. The molecule has 0 aliphatic heterocycles. The number of aromatic nitrogens is 1. The Morgan fingerprint density at radius 3 is 2.31 bits per heavy atom. The molecule has 0 radical (unpaired) electrons. The summed E-state index contributed by atoms with van der Waals surface area (Å²) in [5, 5.41) is 3.77. The Hall–Kier alpha value is -3.74. The number of hydrogen-bond acceptors (Lipinski definition) is 4. The molecule has 146 valence electrons. The van der Waals surface area contributed by atoms with Crippen LogP contribution in [0, 0.1) is 11.8 Å². The number of carbonyl (C=O) groups excluding carboxylic acids is 3. The Morgan fingerprint density at radius 1 is 0.897 bits per heavy atom. The second kappa shape index (κ2) is 7.71. The Morgan fingerprint density at radius 2 is 1.59 bits per heavy atom. The molecule has 0 bridgehead atoms. The van der Waals surface area contributed by atoms with Gasteiger partial charge in [-0.2, -0.15) is 0 Å². The molecule has 1 aliphatic carbocycles. The maximum absolute atomic E-state index is 12.3. The van der Waals surface area contributed by atoms with Gasteiger partial charge >= 0.3 is 0 Å². The number of hydrazine groups is 1. The van der Waals surface area contributed by atoms with E-state index in [0.717, 1.165) is 11.8 Å². The zero-order valence-electron chi connectivity index (χ0n) is 15.8. The molecule has 1 fully saturated rings. The van der Waals surface area contributed by atoms with Crippen molar-refractivity contribution in [2.75, 3.05) is 5.32 Å². The molecule has 1 heterocycles. The molecule has 0 saturated heterocycles. The summed E-state index contributed by atoms with van der Waals surface area (Å²) in [7, 11) is 0. The summed E-state index contributed by atoms with van der Waals surface area (Å²) in [6.45, 7) is 2.04. The second-order valence-electron chi connectivity index (χ2n) is 7.18. The molecule has 0 spiro atoms. The second-order valence-corrected chi connectivity index (χ2v) is 7.18. The van der Waals surface area contributed by atoms with Crippen molar-refractivity contribution in [3.8, 4) is 0 Å². The van der Waals surface area contributed by atoms with Gasteiger partial charge in [0.25, 0.3) is 11.8 Å². The highest BCUT2D eigenvalue weighted by Crippen LogP contribution is 2.38. The molecule has 1 saturated carbocycles. The number of carbonyl (C=O) groups is 3. The highest BCUT2D eigenvalue weighted by molar-refractivity contribution is 6.00. The minimum Gasteiger partial charge on any atom is -0.326 e. The third kappa shape index (κ3) is 4.24. The Kier molecular flexibility index (Phi) is 4.95. The smallest absolute Gasteiger partial charge is 0.288 e. The van der Waals surface area contributed by atoms with Crippen LogP contribution in [0.15, 0.2) is 60.7 Å². The van der Waals surface area contributed by atoms with Gasteiger partial charge in [-0.15, -0.1) is 0 Å². The molecule has 3 N–H and O–H groups in total. The van der Waals surface area contributed by atoms with Crippen molar-refractivity contribution in [3.63, 3.8) is 0 Å². The van der Waals surface area contributed by atoms with Crippen molar-refractivity contribution >= 4 is 34.3 Å². The highest BCUT2D eigenvalue weighted by atomic mass is 16.2. The number of amides is 3. The fourth-order valence-electron chi connectivity index (χ4n) is 3.07. The lowest BCUT2D eigenvalue weighted by Crippen LogP contribution is -2.41. The average molecular weight is 388 g/mol. The van der Waals surface area contributed by atoms with E-state index in [4.69, 9.17) is 0 Å². The first kappa shape index (κ1) is 18.6. The van der Waals surface area contributed by atoms with Gasteiger partial charge < -0.3 is 5.32 Å². The highest BCUT2D eigenvalue weighted by Gasteiger charge is 2.39. The summed E-state index contributed by atoms with van der Waals surface area (Å²) >= 11 is 0. The average Bonchev–Trinajstić information content (AvgIpc) is 3.48. The number of pyridine rings is 1. The zero-order valence-corrected chi connectivity index (χ0v) is 15.8. The van der Waals surface area contributed by atoms with Gasteiger partial charge in [-0.05, 0) is 48.7 Å². The molecule has 3 amide bonds. The van der Waals surface area contributed by atoms with E-state index in [1.807, 2.05) is 31.2 Å². The maximum Gasteiger partial charge on any atom is 0.288 e. The normalized spacial score (nSPS) is 17.4. The SMILES string of the molecule is CC1CC1C(=O)Nc1ccc(C(=O)NNC(=O)c2ccc3ccccc3n2)cc1. The van der Waals surface area contributed by atoms with E-state index < -0.39 is 11.8 Å². The van der Waals surface area contributed by atoms with Crippen LogP contribution in [0.3, 0.4) is 0 Å². The molecule has 1 aromatic heterocycles. The van der Waals surface area contributed by atoms with Gasteiger partial charge in [0.2, 0.25) is 5.91 Å². The lowest BCUT2D eigenvalue weighted by molar-refractivity contribution is -0.117. The summed E-state index contributed by atoms with van der Waals surface area (Å²) in [6, 6.07) is 17.3. The van der Waals surface area contributed by atoms with E-state index in [2.05, 4.69) is 21.2 Å². The van der Waals surface area contributed by atoms with Crippen LogP contribution in [0.5, 0.6) is 0 Å². The quantitative estimate of drug-likeness (QED) is 0.598. The van der Waals surface area contributed by atoms with Gasteiger partial charge in [-0.1, -0.05) is 31.2 Å². The zero-order chi connectivity index (χ0) is 20.4. The predicted octanol–water partition coefficient (Wildman–Crippen LogP) is 2.90. The van der Waals surface area contributed by atoms with Crippen molar-refractivity contribution in [2.45, 2.75) is 13.3 Å². The fraction of sp³-hybridized carbons (Fsp3) is 0.182. The molecule has 2 aromatic carbocycles. The lowest BCUT2D eigenvalue weighted by atomic mass is 10.2. The van der Waals surface area contributed by atoms with E-state index >= 15 is 0 Å². The van der Waals surface area contributed by atoms with Crippen LogP contribution in [0.1, 0.15) is 34.2 Å². The summed E-state index contributed by atoms with van der Waals surface area (Å²) in [4.78, 5) is 40.8. The van der Waals surface area contributed by atoms with Crippen LogP contribution in [0.25, 0.3) is 10.9 Å². The predicted molar refractivity (Wildman–Crippen MR) is 109 cm³/mol. The number of fused-ring (bicyclic) bond motifs is 1.